The average Bonchev–Trinajstić information content (AvgIpc) is 2.47. The van der Waals surface area contributed by atoms with Crippen LogP contribution in [0.5, 0.6) is 0 Å². The maximum Gasteiger partial charge on any atom is 0.356 e. The van der Waals surface area contributed by atoms with Crippen LogP contribution in [0.4, 0.5) is 10.5 Å². The zero-order valence-electron chi connectivity index (χ0n) is 12.4. The molecule has 1 aliphatic carbocycles. The highest BCUT2D eigenvalue weighted by molar-refractivity contribution is 5.98. The van der Waals surface area contributed by atoms with Gasteiger partial charge in [-0.3, -0.25) is 0 Å². The lowest BCUT2D eigenvalue weighted by molar-refractivity contribution is 0.0691. The Morgan fingerprint density at radius 3 is 2.62 bits per heavy atom. The summed E-state index contributed by atoms with van der Waals surface area (Å²) in [5, 5.41) is 11.7. The van der Waals surface area contributed by atoms with Crippen molar-refractivity contribution < 1.29 is 14.7 Å². The highest BCUT2D eigenvalue weighted by atomic mass is 16.4. The summed E-state index contributed by atoms with van der Waals surface area (Å²) in [6.45, 7) is 2.23. The van der Waals surface area contributed by atoms with Crippen LogP contribution in [-0.4, -0.2) is 40.1 Å². The Morgan fingerprint density at radius 1 is 1.33 bits per heavy atom. The van der Waals surface area contributed by atoms with Gasteiger partial charge in [-0.2, -0.15) is 0 Å². The van der Waals surface area contributed by atoms with Crippen LogP contribution in [0, 0.1) is 5.92 Å². The molecule has 0 aliphatic heterocycles. The molecule has 0 saturated heterocycles. The standard InChI is InChI=1S/C15H21N3O3/c1-10-5-7-11(8-6-10)18(2)15(21)17-12-4-3-9-16-13(12)14(19)20/h3-4,9-11H,5-8H2,1-2H3,(H,17,21)(H,19,20). The van der Waals surface area contributed by atoms with E-state index in [1.807, 2.05) is 0 Å². The number of pyridine rings is 1. The molecule has 0 spiro atoms. The number of amides is 2. The van der Waals surface area contributed by atoms with Crippen LogP contribution in [0.15, 0.2) is 18.3 Å². The lowest BCUT2D eigenvalue weighted by Crippen LogP contribution is -2.41. The second-order valence-electron chi connectivity index (χ2n) is 5.66. The summed E-state index contributed by atoms with van der Waals surface area (Å²) in [6.07, 6.45) is 5.62. The molecule has 6 heteroatoms. The zero-order chi connectivity index (χ0) is 15.4. The van der Waals surface area contributed by atoms with Crippen LogP contribution in [0.3, 0.4) is 0 Å². The molecule has 1 heterocycles. The minimum Gasteiger partial charge on any atom is -0.476 e. The molecule has 2 amide bonds. The second-order valence-corrected chi connectivity index (χ2v) is 5.66. The smallest absolute Gasteiger partial charge is 0.356 e. The maximum absolute atomic E-state index is 12.3. The molecular formula is C15H21N3O3. The van der Waals surface area contributed by atoms with Crippen LogP contribution in [0.25, 0.3) is 0 Å². The molecule has 2 N–H and O–H groups in total. The van der Waals surface area contributed by atoms with Gasteiger partial charge < -0.3 is 15.3 Å². The van der Waals surface area contributed by atoms with Crippen molar-refractivity contribution in [2.24, 2.45) is 5.92 Å². The number of urea groups is 1. The number of nitrogens with zero attached hydrogens (tertiary/aromatic N) is 2. The Labute approximate surface area is 124 Å². The Kier molecular flexibility index (Phi) is 4.77. The van der Waals surface area contributed by atoms with Crippen LogP contribution in [-0.2, 0) is 0 Å². The predicted molar refractivity (Wildman–Crippen MR) is 79.4 cm³/mol. The van der Waals surface area contributed by atoms with Gasteiger partial charge >= 0.3 is 12.0 Å². The van der Waals surface area contributed by atoms with E-state index in [-0.39, 0.29) is 23.5 Å². The second kappa shape index (κ2) is 6.56. The topological polar surface area (TPSA) is 82.5 Å². The third kappa shape index (κ3) is 3.71. The number of carbonyl (C=O) groups excluding carboxylic acids is 1. The van der Waals surface area contributed by atoms with E-state index in [0.29, 0.717) is 0 Å². The summed E-state index contributed by atoms with van der Waals surface area (Å²) in [7, 11) is 1.76. The lowest BCUT2D eigenvalue weighted by Gasteiger charge is -2.33. The summed E-state index contributed by atoms with van der Waals surface area (Å²) in [4.78, 5) is 28.8. The van der Waals surface area contributed by atoms with Crippen molar-refractivity contribution in [1.82, 2.24) is 9.88 Å². The molecule has 21 heavy (non-hydrogen) atoms. The molecule has 0 aromatic carbocycles. The molecular weight excluding hydrogens is 270 g/mol. The quantitative estimate of drug-likeness (QED) is 0.897. The molecule has 1 aliphatic rings. The van der Waals surface area contributed by atoms with Gasteiger partial charge in [-0.25, -0.2) is 14.6 Å². The van der Waals surface area contributed by atoms with Crippen molar-refractivity contribution in [3.05, 3.63) is 24.0 Å². The van der Waals surface area contributed by atoms with Gasteiger partial charge in [0.25, 0.3) is 0 Å². The van der Waals surface area contributed by atoms with Crippen LogP contribution in [0.1, 0.15) is 43.1 Å². The van der Waals surface area contributed by atoms with E-state index in [9.17, 15) is 9.59 Å². The van der Waals surface area contributed by atoms with Gasteiger partial charge in [-0.1, -0.05) is 6.92 Å². The van der Waals surface area contributed by atoms with E-state index in [1.54, 1.807) is 24.1 Å². The van der Waals surface area contributed by atoms with E-state index < -0.39 is 5.97 Å². The first-order valence-corrected chi connectivity index (χ1v) is 7.21. The minimum atomic E-state index is -1.15. The monoisotopic (exact) mass is 291 g/mol. The number of carbonyl (C=O) groups is 2. The first kappa shape index (κ1) is 15.3. The van der Waals surface area contributed by atoms with Crippen LogP contribution >= 0.6 is 0 Å². The normalized spacial score (nSPS) is 21.6. The van der Waals surface area contributed by atoms with Gasteiger partial charge in [0, 0.05) is 19.3 Å². The number of carboxylic acids is 1. The van der Waals surface area contributed by atoms with Crippen molar-refractivity contribution in [3.8, 4) is 0 Å². The molecule has 1 saturated carbocycles. The number of aromatic carboxylic acids is 1. The molecule has 1 fully saturated rings. The van der Waals surface area contributed by atoms with Gasteiger partial charge in [-0.05, 0) is 43.7 Å². The number of hydrogen-bond acceptors (Lipinski definition) is 3. The molecule has 114 valence electrons. The molecule has 1 aromatic rings. The van der Waals surface area contributed by atoms with Gasteiger partial charge in [0.05, 0.1) is 5.69 Å². The summed E-state index contributed by atoms with van der Waals surface area (Å²) in [6, 6.07) is 3.08. The first-order valence-electron chi connectivity index (χ1n) is 7.21. The Bertz CT molecular complexity index is 525. The fourth-order valence-electron chi connectivity index (χ4n) is 2.68. The van der Waals surface area contributed by atoms with E-state index in [1.165, 1.54) is 6.20 Å². The Morgan fingerprint density at radius 2 is 2.00 bits per heavy atom. The van der Waals surface area contributed by atoms with Crippen molar-refractivity contribution in [3.63, 3.8) is 0 Å². The fourth-order valence-corrected chi connectivity index (χ4v) is 2.68. The Hall–Kier alpha value is -2.11. The van der Waals surface area contributed by atoms with Crippen molar-refractivity contribution in [2.45, 2.75) is 38.6 Å². The summed E-state index contributed by atoms with van der Waals surface area (Å²) >= 11 is 0. The summed E-state index contributed by atoms with van der Waals surface area (Å²) in [5.41, 5.74) is 0.0857. The number of rotatable bonds is 3. The van der Waals surface area contributed by atoms with Crippen LogP contribution < -0.4 is 5.32 Å². The van der Waals surface area contributed by atoms with Crippen molar-refractivity contribution in [2.75, 3.05) is 12.4 Å². The average molecular weight is 291 g/mol. The molecule has 0 bridgehead atoms. The SMILES string of the molecule is CC1CCC(N(C)C(=O)Nc2cccnc2C(=O)O)CC1. The fraction of sp³-hybridized carbons (Fsp3) is 0.533. The van der Waals surface area contributed by atoms with Crippen molar-refractivity contribution in [1.29, 1.82) is 0 Å². The van der Waals surface area contributed by atoms with E-state index in [2.05, 4.69) is 17.2 Å². The highest BCUT2D eigenvalue weighted by Gasteiger charge is 2.25. The number of nitrogens with one attached hydrogen (secondary N) is 1. The van der Waals surface area contributed by atoms with Crippen LogP contribution in [0.2, 0.25) is 0 Å². The first-order chi connectivity index (χ1) is 9.99. The zero-order valence-corrected chi connectivity index (χ0v) is 12.4. The summed E-state index contributed by atoms with van der Waals surface area (Å²) < 4.78 is 0. The number of carboxylic acid groups (broad SMARTS) is 1. The van der Waals surface area contributed by atoms with E-state index >= 15 is 0 Å². The van der Waals surface area contributed by atoms with Gasteiger partial charge in [-0.15, -0.1) is 0 Å². The maximum atomic E-state index is 12.3. The largest absolute Gasteiger partial charge is 0.476 e. The third-order valence-electron chi connectivity index (χ3n) is 4.11. The molecule has 2 rings (SSSR count). The highest BCUT2D eigenvalue weighted by Crippen LogP contribution is 2.26. The number of hydrogen-bond donors (Lipinski definition) is 2. The molecule has 0 radical (unpaired) electrons. The molecule has 1 aromatic heterocycles. The van der Waals surface area contributed by atoms with E-state index in [0.717, 1.165) is 31.6 Å². The minimum absolute atomic E-state index is 0.142. The molecule has 0 unspecified atom stereocenters. The van der Waals surface area contributed by atoms with Gasteiger partial charge in [0.1, 0.15) is 0 Å². The van der Waals surface area contributed by atoms with Crippen molar-refractivity contribution >= 4 is 17.7 Å². The van der Waals surface area contributed by atoms with Gasteiger partial charge in [0.15, 0.2) is 5.69 Å². The summed E-state index contributed by atoms with van der Waals surface area (Å²) in [5.74, 6) is -0.435. The number of anilines is 1. The Balaban J connectivity index is 2.03. The predicted octanol–water partition coefficient (Wildman–Crippen LogP) is 2.82. The third-order valence-corrected chi connectivity index (χ3v) is 4.11. The molecule has 6 nitrogen and oxygen atoms in total. The number of aromatic nitrogens is 1. The van der Waals surface area contributed by atoms with Gasteiger partial charge in [0.2, 0.25) is 0 Å². The lowest BCUT2D eigenvalue weighted by atomic mass is 9.87. The van der Waals surface area contributed by atoms with E-state index in [4.69, 9.17) is 5.11 Å². The molecule has 0 atom stereocenters.